The van der Waals surface area contributed by atoms with Gasteiger partial charge in [0, 0.05) is 12.6 Å². The van der Waals surface area contributed by atoms with Gasteiger partial charge in [0.15, 0.2) is 0 Å². The quantitative estimate of drug-likeness (QED) is 0.843. The summed E-state index contributed by atoms with van der Waals surface area (Å²) in [6, 6.07) is 9.86. The molecule has 1 saturated heterocycles. The van der Waals surface area contributed by atoms with E-state index in [1.165, 1.54) is 0 Å². The Kier molecular flexibility index (Phi) is 3.95. The Morgan fingerprint density at radius 2 is 2.10 bits per heavy atom. The van der Waals surface area contributed by atoms with Gasteiger partial charge in [-0.3, -0.25) is 9.59 Å². The van der Waals surface area contributed by atoms with Gasteiger partial charge in [-0.1, -0.05) is 43.7 Å². The van der Waals surface area contributed by atoms with Crippen LogP contribution in [0.1, 0.15) is 38.2 Å². The van der Waals surface area contributed by atoms with Gasteiger partial charge >= 0.3 is 0 Å². The summed E-state index contributed by atoms with van der Waals surface area (Å²) in [6.45, 7) is 2.49. The van der Waals surface area contributed by atoms with Crippen molar-refractivity contribution in [2.75, 3.05) is 0 Å². The summed E-state index contributed by atoms with van der Waals surface area (Å²) in [6.07, 6.45) is 3.84. The summed E-state index contributed by atoms with van der Waals surface area (Å²) in [5.74, 6) is 0.347. The van der Waals surface area contributed by atoms with E-state index in [1.54, 1.807) is 0 Å². The number of hydrogen-bond donors (Lipinski definition) is 1. The van der Waals surface area contributed by atoms with Gasteiger partial charge in [0.05, 0.1) is 5.92 Å². The standard InChI is InChI=1S/C17H22N2O2/c1-2-14(19-15-10-6-9-13(15)17(19)21)16(20)18-11-12-7-4-3-5-8-12/h3-5,7-8,13-15H,2,6,9-11H2,1H3,(H,18,20). The van der Waals surface area contributed by atoms with E-state index in [2.05, 4.69) is 5.32 Å². The van der Waals surface area contributed by atoms with Gasteiger partial charge in [-0.05, 0) is 24.8 Å². The molecule has 1 heterocycles. The lowest BCUT2D eigenvalue weighted by Gasteiger charge is -2.47. The van der Waals surface area contributed by atoms with Crippen LogP contribution in [0.4, 0.5) is 0 Å². The van der Waals surface area contributed by atoms with Gasteiger partial charge in [0.1, 0.15) is 6.04 Å². The van der Waals surface area contributed by atoms with Crippen LogP contribution in [0.2, 0.25) is 0 Å². The number of carbonyl (C=O) groups is 2. The van der Waals surface area contributed by atoms with Crippen molar-refractivity contribution in [3.05, 3.63) is 35.9 Å². The highest BCUT2D eigenvalue weighted by molar-refractivity contribution is 5.93. The van der Waals surface area contributed by atoms with Gasteiger partial charge < -0.3 is 10.2 Å². The fourth-order valence-corrected chi connectivity index (χ4v) is 3.63. The normalized spacial score (nSPS) is 25.2. The Balaban J connectivity index is 1.61. The largest absolute Gasteiger partial charge is 0.350 e. The summed E-state index contributed by atoms with van der Waals surface area (Å²) in [7, 11) is 0. The number of amides is 2. The lowest BCUT2D eigenvalue weighted by Crippen LogP contribution is -2.65. The van der Waals surface area contributed by atoms with Gasteiger partial charge in [0.2, 0.25) is 11.8 Å². The second-order valence-corrected chi connectivity index (χ2v) is 5.98. The van der Waals surface area contributed by atoms with E-state index in [0.717, 1.165) is 24.8 Å². The van der Waals surface area contributed by atoms with Crippen LogP contribution < -0.4 is 5.32 Å². The number of rotatable bonds is 5. The molecule has 1 aromatic rings. The smallest absolute Gasteiger partial charge is 0.243 e. The number of nitrogens with zero attached hydrogens (tertiary/aromatic N) is 1. The van der Waals surface area contributed by atoms with Crippen molar-refractivity contribution in [1.29, 1.82) is 0 Å². The minimum atomic E-state index is -0.305. The predicted molar refractivity (Wildman–Crippen MR) is 80.3 cm³/mol. The third-order valence-electron chi connectivity index (χ3n) is 4.74. The average Bonchev–Trinajstić information content (AvgIpc) is 2.95. The molecule has 1 aliphatic heterocycles. The van der Waals surface area contributed by atoms with Crippen molar-refractivity contribution < 1.29 is 9.59 Å². The van der Waals surface area contributed by atoms with Crippen LogP contribution in [0.3, 0.4) is 0 Å². The number of hydrogen-bond acceptors (Lipinski definition) is 2. The van der Waals surface area contributed by atoms with Crippen LogP contribution >= 0.6 is 0 Å². The molecule has 4 heteroatoms. The van der Waals surface area contributed by atoms with Crippen molar-refractivity contribution in [2.45, 2.75) is 51.2 Å². The molecule has 1 aromatic carbocycles. The molecule has 21 heavy (non-hydrogen) atoms. The Morgan fingerprint density at radius 3 is 2.81 bits per heavy atom. The molecule has 3 rings (SSSR count). The minimum Gasteiger partial charge on any atom is -0.350 e. The summed E-state index contributed by atoms with van der Waals surface area (Å²) >= 11 is 0. The maximum atomic E-state index is 12.4. The molecule has 2 fully saturated rings. The SMILES string of the molecule is CCC(C(=O)NCc1ccccc1)N1C(=O)C2CCCC21. The number of β-lactam (4-membered cyclic amide) rings is 1. The van der Waals surface area contributed by atoms with E-state index in [4.69, 9.17) is 0 Å². The second-order valence-electron chi connectivity index (χ2n) is 5.98. The highest BCUT2D eigenvalue weighted by Crippen LogP contribution is 2.41. The molecule has 2 aliphatic rings. The van der Waals surface area contributed by atoms with Gasteiger partial charge in [-0.2, -0.15) is 0 Å². The Bertz CT molecular complexity index is 529. The van der Waals surface area contributed by atoms with Crippen molar-refractivity contribution >= 4 is 11.8 Å². The molecule has 1 aliphatic carbocycles. The highest BCUT2D eigenvalue weighted by Gasteiger charge is 2.53. The van der Waals surface area contributed by atoms with Crippen LogP contribution in [-0.4, -0.2) is 28.8 Å². The van der Waals surface area contributed by atoms with E-state index in [1.807, 2.05) is 42.2 Å². The Hall–Kier alpha value is -1.84. The fourth-order valence-electron chi connectivity index (χ4n) is 3.63. The molecule has 1 N–H and O–H groups in total. The molecule has 0 radical (unpaired) electrons. The number of likely N-dealkylation sites (tertiary alicyclic amines) is 1. The maximum absolute atomic E-state index is 12.4. The lowest BCUT2D eigenvalue weighted by molar-refractivity contribution is -0.162. The minimum absolute atomic E-state index is 0.0277. The first-order chi connectivity index (χ1) is 10.2. The van der Waals surface area contributed by atoms with Crippen LogP contribution in [0.5, 0.6) is 0 Å². The summed E-state index contributed by atoms with van der Waals surface area (Å²) in [5.41, 5.74) is 1.08. The zero-order valence-electron chi connectivity index (χ0n) is 12.4. The number of benzene rings is 1. The molecule has 3 unspecified atom stereocenters. The lowest BCUT2D eigenvalue weighted by atomic mass is 9.87. The zero-order chi connectivity index (χ0) is 14.8. The van der Waals surface area contributed by atoms with E-state index in [9.17, 15) is 9.59 Å². The summed E-state index contributed by atoms with van der Waals surface area (Å²) in [5, 5.41) is 2.97. The van der Waals surface area contributed by atoms with Gasteiger partial charge in [0.25, 0.3) is 0 Å². The first kappa shape index (κ1) is 14.1. The first-order valence-corrected chi connectivity index (χ1v) is 7.86. The number of fused-ring (bicyclic) bond motifs is 1. The van der Waals surface area contributed by atoms with Crippen molar-refractivity contribution in [1.82, 2.24) is 10.2 Å². The van der Waals surface area contributed by atoms with E-state index in [-0.39, 0.29) is 23.8 Å². The predicted octanol–water partition coefficient (Wildman–Crippen LogP) is 2.09. The molecule has 112 valence electrons. The van der Waals surface area contributed by atoms with Crippen molar-refractivity contribution in [2.24, 2.45) is 5.92 Å². The summed E-state index contributed by atoms with van der Waals surface area (Å²) < 4.78 is 0. The first-order valence-electron chi connectivity index (χ1n) is 7.86. The van der Waals surface area contributed by atoms with Gasteiger partial charge in [-0.25, -0.2) is 0 Å². The average molecular weight is 286 g/mol. The van der Waals surface area contributed by atoms with Crippen molar-refractivity contribution in [3.63, 3.8) is 0 Å². The molecule has 0 spiro atoms. The third kappa shape index (κ3) is 2.55. The molecular weight excluding hydrogens is 264 g/mol. The van der Waals surface area contributed by atoms with E-state index < -0.39 is 0 Å². The fraction of sp³-hybridized carbons (Fsp3) is 0.529. The molecule has 0 bridgehead atoms. The molecule has 1 saturated carbocycles. The zero-order valence-corrected chi connectivity index (χ0v) is 12.4. The molecule has 2 amide bonds. The van der Waals surface area contributed by atoms with Crippen LogP contribution in [-0.2, 0) is 16.1 Å². The van der Waals surface area contributed by atoms with Crippen LogP contribution in [0, 0.1) is 5.92 Å². The Morgan fingerprint density at radius 1 is 1.33 bits per heavy atom. The van der Waals surface area contributed by atoms with Crippen molar-refractivity contribution in [3.8, 4) is 0 Å². The number of nitrogens with one attached hydrogen (secondary N) is 1. The van der Waals surface area contributed by atoms with E-state index in [0.29, 0.717) is 19.0 Å². The van der Waals surface area contributed by atoms with Crippen LogP contribution in [0.25, 0.3) is 0 Å². The highest BCUT2D eigenvalue weighted by atomic mass is 16.2. The topological polar surface area (TPSA) is 49.4 Å². The maximum Gasteiger partial charge on any atom is 0.243 e. The van der Waals surface area contributed by atoms with Gasteiger partial charge in [-0.15, -0.1) is 0 Å². The number of carbonyl (C=O) groups excluding carboxylic acids is 2. The molecular formula is C17H22N2O2. The molecule has 4 nitrogen and oxygen atoms in total. The van der Waals surface area contributed by atoms with Crippen LogP contribution in [0.15, 0.2) is 30.3 Å². The third-order valence-corrected chi connectivity index (χ3v) is 4.74. The second kappa shape index (κ2) is 5.88. The van der Waals surface area contributed by atoms with E-state index >= 15 is 0 Å². The summed E-state index contributed by atoms with van der Waals surface area (Å²) in [4.78, 5) is 26.4. The monoisotopic (exact) mass is 286 g/mol. The Labute approximate surface area is 125 Å². The molecule has 0 aromatic heterocycles. The molecule has 3 atom stereocenters.